The Morgan fingerprint density at radius 2 is 2.10 bits per heavy atom. The summed E-state index contributed by atoms with van der Waals surface area (Å²) in [7, 11) is -3.29. The van der Waals surface area contributed by atoms with E-state index < -0.39 is 15.6 Å². The van der Waals surface area contributed by atoms with Gasteiger partial charge in [0, 0.05) is 16.6 Å². The van der Waals surface area contributed by atoms with Gasteiger partial charge in [0.2, 0.25) is 16.0 Å². The van der Waals surface area contributed by atoms with Crippen LogP contribution < -0.4 is 10.5 Å². The van der Waals surface area contributed by atoms with E-state index in [0.29, 0.717) is 12.5 Å². The first kappa shape index (κ1) is 15.3. The predicted octanol–water partition coefficient (Wildman–Crippen LogP) is 1.71. The number of nitrogen functional groups attached to an aromatic ring is 1. The number of halogens is 1. The van der Waals surface area contributed by atoms with Crippen molar-refractivity contribution in [2.45, 2.75) is 25.9 Å². The quantitative estimate of drug-likeness (QED) is 0.868. The summed E-state index contributed by atoms with van der Waals surface area (Å²) in [5, 5.41) is 0. The number of sulfonamides is 1. The van der Waals surface area contributed by atoms with Gasteiger partial charge in [0.05, 0.1) is 17.3 Å². The molecule has 0 unspecified atom stereocenters. The molecule has 0 saturated heterocycles. The number of hydrogen-bond donors (Lipinski definition) is 2. The second-order valence-corrected chi connectivity index (χ2v) is 8.11. The Morgan fingerprint density at radius 1 is 1.45 bits per heavy atom. The van der Waals surface area contributed by atoms with E-state index in [2.05, 4.69) is 25.6 Å². The molecule has 0 amide bonds. The van der Waals surface area contributed by atoms with Crippen molar-refractivity contribution in [3.63, 3.8) is 0 Å². The lowest BCUT2D eigenvalue weighted by Gasteiger charge is -2.26. The molecule has 0 spiro atoms. The topological polar surface area (TPSA) is 90.0 Å². The van der Waals surface area contributed by atoms with Crippen LogP contribution in [-0.4, -0.2) is 29.8 Å². The smallest absolute Gasteiger partial charge is 0.209 e. The second-order valence-electron chi connectivity index (χ2n) is 5.45. The van der Waals surface area contributed by atoms with Crippen LogP contribution in [0.5, 0.6) is 0 Å². The van der Waals surface area contributed by atoms with Gasteiger partial charge in [-0.3, -0.25) is 0 Å². The molecule has 1 aromatic heterocycles. The van der Waals surface area contributed by atoms with Crippen LogP contribution >= 0.6 is 15.9 Å². The highest BCUT2D eigenvalue weighted by atomic mass is 79.9. The first-order valence-corrected chi connectivity index (χ1v) is 8.66. The number of fused-ring (bicyclic) bond motifs is 1. The number of imidazole rings is 1. The fourth-order valence-electron chi connectivity index (χ4n) is 2.21. The molecule has 2 aromatic rings. The van der Waals surface area contributed by atoms with Crippen molar-refractivity contribution in [1.82, 2.24) is 14.3 Å². The van der Waals surface area contributed by atoms with Crippen molar-refractivity contribution in [2.75, 3.05) is 12.0 Å². The largest absolute Gasteiger partial charge is 0.369 e. The second kappa shape index (κ2) is 5.01. The van der Waals surface area contributed by atoms with E-state index in [9.17, 15) is 8.42 Å². The van der Waals surface area contributed by atoms with Gasteiger partial charge < -0.3 is 10.3 Å². The fourth-order valence-corrected chi connectivity index (χ4v) is 3.63. The standard InChI is InChI=1S/C12H17BrN4O2S/c1-12(2,16-20(3,18)19)7-17-10-6-8(13)4-5-9(10)15-11(17)14/h4-6,16H,7H2,1-3H3,(H2,14,15). The molecule has 0 bridgehead atoms. The van der Waals surface area contributed by atoms with Gasteiger partial charge >= 0.3 is 0 Å². The lowest BCUT2D eigenvalue weighted by molar-refractivity contribution is 0.398. The number of nitrogens with one attached hydrogen (secondary N) is 1. The zero-order valence-electron chi connectivity index (χ0n) is 11.5. The van der Waals surface area contributed by atoms with E-state index in [1.54, 1.807) is 18.4 Å². The molecule has 0 atom stereocenters. The van der Waals surface area contributed by atoms with E-state index in [1.807, 2.05) is 18.2 Å². The molecule has 0 aliphatic rings. The summed E-state index contributed by atoms with van der Waals surface area (Å²) in [6.45, 7) is 3.99. The minimum absolute atomic E-state index is 0.362. The van der Waals surface area contributed by atoms with Gasteiger partial charge in [-0.2, -0.15) is 0 Å². The third-order valence-electron chi connectivity index (χ3n) is 2.75. The first-order valence-electron chi connectivity index (χ1n) is 5.98. The van der Waals surface area contributed by atoms with Crippen molar-refractivity contribution in [2.24, 2.45) is 0 Å². The minimum atomic E-state index is -3.29. The summed E-state index contributed by atoms with van der Waals surface area (Å²) < 4.78 is 28.1. The number of benzene rings is 1. The third kappa shape index (κ3) is 3.50. The molecular formula is C12H17BrN4O2S. The molecule has 8 heteroatoms. The van der Waals surface area contributed by atoms with Crippen molar-refractivity contribution >= 4 is 42.9 Å². The van der Waals surface area contributed by atoms with Gasteiger partial charge in [0.25, 0.3) is 0 Å². The highest BCUT2D eigenvalue weighted by molar-refractivity contribution is 9.10. The monoisotopic (exact) mass is 360 g/mol. The highest BCUT2D eigenvalue weighted by Gasteiger charge is 2.24. The number of aromatic nitrogens is 2. The molecule has 3 N–H and O–H groups in total. The lowest BCUT2D eigenvalue weighted by Crippen LogP contribution is -2.46. The van der Waals surface area contributed by atoms with Gasteiger partial charge in [-0.15, -0.1) is 0 Å². The highest BCUT2D eigenvalue weighted by Crippen LogP contribution is 2.24. The maximum absolute atomic E-state index is 11.4. The molecule has 0 fully saturated rings. The van der Waals surface area contributed by atoms with E-state index >= 15 is 0 Å². The van der Waals surface area contributed by atoms with Gasteiger partial charge in [-0.1, -0.05) is 15.9 Å². The maximum Gasteiger partial charge on any atom is 0.209 e. The Hall–Kier alpha value is -1.12. The summed E-state index contributed by atoms with van der Waals surface area (Å²) in [5.41, 5.74) is 6.90. The van der Waals surface area contributed by atoms with Gasteiger partial charge in [-0.25, -0.2) is 18.1 Å². The summed E-state index contributed by atoms with van der Waals surface area (Å²) >= 11 is 3.41. The number of nitrogens with two attached hydrogens (primary N) is 1. The average molecular weight is 361 g/mol. The lowest BCUT2D eigenvalue weighted by atomic mass is 10.1. The predicted molar refractivity (Wildman–Crippen MR) is 83.9 cm³/mol. The Bertz CT molecular complexity index is 752. The van der Waals surface area contributed by atoms with Crippen LogP contribution in [-0.2, 0) is 16.6 Å². The number of rotatable bonds is 4. The average Bonchev–Trinajstić information content (AvgIpc) is 2.52. The molecule has 1 aromatic carbocycles. The summed E-state index contributed by atoms with van der Waals surface area (Å²) in [6, 6.07) is 5.66. The van der Waals surface area contributed by atoms with Crippen LogP contribution in [0.25, 0.3) is 11.0 Å². The SMILES string of the molecule is CC(C)(Cn1c(N)nc2ccc(Br)cc21)NS(C)(=O)=O. The van der Waals surface area contributed by atoms with Crippen molar-refractivity contribution in [3.05, 3.63) is 22.7 Å². The Labute approximate surface area is 126 Å². The van der Waals surface area contributed by atoms with Crippen LogP contribution in [0, 0.1) is 0 Å². The maximum atomic E-state index is 11.4. The summed E-state index contributed by atoms with van der Waals surface area (Å²) in [6.07, 6.45) is 1.14. The zero-order valence-corrected chi connectivity index (χ0v) is 13.9. The first-order chi connectivity index (χ1) is 9.07. The molecule has 110 valence electrons. The minimum Gasteiger partial charge on any atom is -0.369 e. The number of nitrogens with zero attached hydrogens (tertiary/aromatic N) is 2. The van der Waals surface area contributed by atoms with E-state index in [-0.39, 0.29) is 0 Å². The number of anilines is 1. The summed E-state index contributed by atoms with van der Waals surface area (Å²) in [5.74, 6) is 0.362. The fraction of sp³-hybridized carbons (Fsp3) is 0.417. The Morgan fingerprint density at radius 3 is 2.70 bits per heavy atom. The van der Waals surface area contributed by atoms with Crippen LogP contribution in [0.4, 0.5) is 5.95 Å². The van der Waals surface area contributed by atoms with Crippen LogP contribution in [0.1, 0.15) is 13.8 Å². The molecule has 0 aliphatic heterocycles. The Balaban J connectivity index is 2.43. The molecule has 0 saturated carbocycles. The number of hydrogen-bond acceptors (Lipinski definition) is 4. The van der Waals surface area contributed by atoms with Gasteiger partial charge in [0.15, 0.2) is 0 Å². The van der Waals surface area contributed by atoms with Crippen LogP contribution in [0.2, 0.25) is 0 Å². The van der Waals surface area contributed by atoms with E-state index in [1.165, 1.54) is 0 Å². The molecule has 6 nitrogen and oxygen atoms in total. The van der Waals surface area contributed by atoms with Crippen molar-refractivity contribution < 1.29 is 8.42 Å². The van der Waals surface area contributed by atoms with Crippen LogP contribution in [0.3, 0.4) is 0 Å². The van der Waals surface area contributed by atoms with Gasteiger partial charge in [0.1, 0.15) is 0 Å². The summed E-state index contributed by atoms with van der Waals surface area (Å²) in [4.78, 5) is 4.28. The normalized spacial score (nSPS) is 13.0. The zero-order chi connectivity index (χ0) is 15.1. The van der Waals surface area contributed by atoms with Crippen molar-refractivity contribution in [1.29, 1.82) is 0 Å². The Kier molecular flexibility index (Phi) is 3.83. The molecule has 2 rings (SSSR count). The molecule has 0 radical (unpaired) electrons. The van der Waals surface area contributed by atoms with Crippen LogP contribution in [0.15, 0.2) is 22.7 Å². The molecular weight excluding hydrogens is 344 g/mol. The molecule has 0 aliphatic carbocycles. The molecule has 1 heterocycles. The third-order valence-corrected chi connectivity index (χ3v) is 4.17. The van der Waals surface area contributed by atoms with E-state index in [0.717, 1.165) is 21.8 Å². The van der Waals surface area contributed by atoms with Crippen molar-refractivity contribution in [3.8, 4) is 0 Å². The molecule has 20 heavy (non-hydrogen) atoms. The van der Waals surface area contributed by atoms with E-state index in [4.69, 9.17) is 5.73 Å². The van der Waals surface area contributed by atoms with Gasteiger partial charge in [-0.05, 0) is 32.0 Å².